The molecule has 0 amide bonds. The minimum Gasteiger partial charge on any atom is -0.493 e. The van der Waals surface area contributed by atoms with Crippen molar-refractivity contribution in [1.82, 2.24) is 4.90 Å². The molecule has 0 aromatic heterocycles. The van der Waals surface area contributed by atoms with E-state index in [-0.39, 0.29) is 22.6 Å². The highest BCUT2D eigenvalue weighted by atomic mass is 16.5. The fraction of sp³-hybridized carbons (Fsp3) is 0.632. The van der Waals surface area contributed by atoms with Crippen LogP contribution in [0.4, 0.5) is 0 Å². The Bertz CT molecular complexity index is 1080. The Labute approximate surface area is 158 Å². The van der Waals surface area contributed by atoms with Gasteiger partial charge in [0.05, 0.1) is 15.6 Å². The maximum atomic E-state index is 13.4. The van der Waals surface area contributed by atoms with Crippen LogP contribution in [0.5, 0.6) is 11.5 Å². The molecule has 2 aliphatic heterocycles. The van der Waals surface area contributed by atoms with Crippen molar-refractivity contribution in [3.63, 3.8) is 0 Å². The van der Waals surface area contributed by atoms with Crippen molar-refractivity contribution in [2.75, 3.05) is 27.3 Å². The largest absolute Gasteiger partial charge is 0.493 e. The van der Waals surface area contributed by atoms with E-state index in [0.717, 1.165) is 6.07 Å². The van der Waals surface area contributed by atoms with Crippen LogP contribution in [0, 0.1) is 11.8 Å². The van der Waals surface area contributed by atoms with E-state index in [1.807, 2.05) is 0 Å². The van der Waals surface area contributed by atoms with E-state index >= 15 is 0 Å². The molecule has 2 aliphatic rings. The van der Waals surface area contributed by atoms with Gasteiger partial charge in [0.2, 0.25) is 0 Å². The average molecular weight is 332 g/mol. The Hall–Kier alpha value is -1.55. The molecule has 1 aromatic carbocycles. The lowest BCUT2D eigenvalue weighted by molar-refractivity contribution is -0.129. The molecule has 126 valence electrons. The number of nitrogens with zero attached hydrogens (tertiary/aromatic N) is 1. The molecule has 0 bridgehead atoms. The molecule has 0 spiro atoms. The number of piperidine rings is 1. The summed E-state index contributed by atoms with van der Waals surface area (Å²) in [6, 6.07) is 0.0922. The monoisotopic (exact) mass is 331 g/mol. The quantitative estimate of drug-likeness (QED) is 0.849. The molecular weight excluding hydrogens is 290 g/mol. The molecule has 2 atom stereocenters. The number of Topliss-reactive ketones (excluding diaryl/α,β-unsaturated/α-hetero) is 1. The van der Waals surface area contributed by atoms with Crippen molar-refractivity contribution in [3.05, 3.63) is 23.3 Å². The summed E-state index contributed by atoms with van der Waals surface area (Å²) >= 11 is 0. The Kier molecular flexibility index (Phi) is 1.81. The number of methoxy groups -OCH3 is 2. The lowest BCUT2D eigenvalue weighted by atomic mass is 9.80. The van der Waals surface area contributed by atoms with Gasteiger partial charge in [-0.05, 0) is 41.9 Å². The molecule has 3 rings (SSSR count). The summed E-state index contributed by atoms with van der Waals surface area (Å²) in [4.78, 5) is 13.9. The number of ketones is 1. The van der Waals surface area contributed by atoms with Crippen LogP contribution in [-0.4, -0.2) is 37.9 Å². The average Bonchev–Trinajstić information content (AvgIpc) is 2.74. The van der Waals surface area contributed by atoms with Gasteiger partial charge in [-0.15, -0.1) is 0 Å². The first-order valence-corrected chi connectivity index (χ1v) is 7.04. The second-order valence-corrected chi connectivity index (χ2v) is 5.26. The normalized spacial score (nSPS) is 43.0. The van der Waals surface area contributed by atoms with Crippen molar-refractivity contribution < 1.29 is 33.5 Å². The SMILES string of the molecule is [2H]C12CC(=O)C(C([2H])([2H])C([2H])(C([2H])([2H])[2H])C([2H])([2H])[2H])CN1C([2H])([2H])C([2H])([2H])c1cc(OC)c(OC)cc12. The minimum atomic E-state index is -3.79. The van der Waals surface area contributed by atoms with Gasteiger partial charge in [0, 0.05) is 49.2 Å². The van der Waals surface area contributed by atoms with E-state index in [2.05, 4.69) is 0 Å². The number of ether oxygens (including phenoxy) is 2. The molecule has 0 radical (unpaired) electrons. The molecule has 2 heterocycles. The van der Waals surface area contributed by atoms with E-state index in [4.69, 9.17) is 28.7 Å². The zero-order chi connectivity index (χ0) is 28.8. The molecule has 0 aliphatic carbocycles. The Morgan fingerprint density at radius 2 is 2.22 bits per heavy atom. The van der Waals surface area contributed by atoms with Crippen molar-refractivity contribution in [2.24, 2.45) is 11.8 Å². The van der Waals surface area contributed by atoms with Gasteiger partial charge in [-0.1, -0.05) is 13.7 Å². The third-order valence-electron chi connectivity index (χ3n) is 3.90. The summed E-state index contributed by atoms with van der Waals surface area (Å²) < 4.78 is 125. The van der Waals surface area contributed by atoms with E-state index in [9.17, 15) is 4.79 Å². The third-order valence-corrected chi connectivity index (χ3v) is 3.90. The van der Waals surface area contributed by atoms with Gasteiger partial charge in [-0.3, -0.25) is 9.69 Å². The highest BCUT2D eigenvalue weighted by Crippen LogP contribution is 2.42. The molecule has 1 fully saturated rings. The summed E-state index contributed by atoms with van der Waals surface area (Å²) in [7, 11) is 2.56. The number of carbonyl (C=O) groups excluding carboxylic acids is 1. The first-order chi connectivity index (χ1) is 16.5. The van der Waals surface area contributed by atoms with Crippen LogP contribution in [-0.2, 0) is 11.2 Å². The number of hydrogen-bond donors (Lipinski definition) is 0. The maximum Gasteiger partial charge on any atom is 0.161 e. The number of hydrogen-bond acceptors (Lipinski definition) is 4. The van der Waals surface area contributed by atoms with E-state index in [1.165, 1.54) is 20.3 Å². The van der Waals surface area contributed by atoms with Crippen LogP contribution in [0.2, 0.25) is 0 Å². The molecule has 4 nitrogen and oxygen atoms in total. The van der Waals surface area contributed by atoms with Crippen LogP contribution in [0.15, 0.2) is 12.1 Å². The lowest BCUT2D eigenvalue weighted by Gasteiger charge is -2.43. The number of fused-ring (bicyclic) bond motifs is 3. The molecule has 4 heteroatoms. The van der Waals surface area contributed by atoms with Crippen LogP contribution < -0.4 is 9.47 Å². The van der Waals surface area contributed by atoms with Crippen LogP contribution in [0.1, 0.15) is 62.8 Å². The summed E-state index contributed by atoms with van der Waals surface area (Å²) in [6.07, 6.45) is -7.34. The molecule has 0 saturated carbocycles. The first kappa shape index (κ1) is 6.40. The molecule has 1 aromatic rings. The highest BCUT2D eigenvalue weighted by Gasteiger charge is 2.38. The zero-order valence-corrected chi connectivity index (χ0v) is 12.8. The molecular formula is C19H27NO3. The fourth-order valence-corrected chi connectivity index (χ4v) is 2.78. The second kappa shape index (κ2) is 6.52. The van der Waals surface area contributed by atoms with Gasteiger partial charge >= 0.3 is 0 Å². The molecule has 23 heavy (non-hydrogen) atoms. The highest BCUT2D eigenvalue weighted by molar-refractivity contribution is 5.83. The van der Waals surface area contributed by atoms with Crippen LogP contribution >= 0.6 is 0 Å². The Morgan fingerprint density at radius 1 is 1.48 bits per heavy atom. The number of benzene rings is 1. The van der Waals surface area contributed by atoms with Gasteiger partial charge in [0.25, 0.3) is 0 Å². The number of carbonyl (C=O) groups is 1. The van der Waals surface area contributed by atoms with E-state index in [1.54, 1.807) is 0 Å². The van der Waals surface area contributed by atoms with Crippen molar-refractivity contribution in [3.8, 4) is 11.5 Å². The minimum absolute atomic E-state index is 0.0451. The van der Waals surface area contributed by atoms with Crippen LogP contribution in [0.3, 0.4) is 0 Å². The van der Waals surface area contributed by atoms with E-state index < -0.39 is 69.5 Å². The van der Waals surface area contributed by atoms with Gasteiger partial charge in [0.15, 0.2) is 11.5 Å². The van der Waals surface area contributed by atoms with Gasteiger partial charge < -0.3 is 9.47 Å². The van der Waals surface area contributed by atoms with Gasteiger partial charge in [-0.25, -0.2) is 0 Å². The summed E-state index contributed by atoms with van der Waals surface area (Å²) in [5.74, 6) is -6.95. The lowest BCUT2D eigenvalue weighted by Crippen LogP contribution is -2.46. The Morgan fingerprint density at radius 3 is 2.91 bits per heavy atom. The second-order valence-electron chi connectivity index (χ2n) is 5.26. The number of aryl methyl sites for hydroxylation is 1. The smallest absolute Gasteiger partial charge is 0.161 e. The topological polar surface area (TPSA) is 38.8 Å². The first-order valence-electron chi connectivity index (χ1n) is 14.0. The standard InChI is InChI=1S/C19H27NO3/c1-12(2)7-14-11-20-6-5-13-8-18(22-3)19(23-4)9-15(13)16(20)10-17(14)21/h8-9,12,14,16H,5-7,10-11H2,1-4H3/i1D3,2D3,5D2,6D2,7D2,12D,16D. The van der Waals surface area contributed by atoms with Gasteiger partial charge in [-0.2, -0.15) is 0 Å². The van der Waals surface area contributed by atoms with Crippen molar-refractivity contribution >= 4 is 5.78 Å². The predicted octanol–water partition coefficient (Wildman–Crippen LogP) is 3.24. The maximum absolute atomic E-state index is 13.4. The van der Waals surface area contributed by atoms with Crippen molar-refractivity contribution in [1.29, 1.82) is 0 Å². The Balaban J connectivity index is 2.26. The summed E-state index contributed by atoms with van der Waals surface area (Å²) in [5.41, 5.74) is -0.447. The molecule has 2 unspecified atom stereocenters. The zero-order valence-electron chi connectivity index (χ0n) is 26.8. The molecule has 0 N–H and O–H groups in total. The van der Waals surface area contributed by atoms with Crippen molar-refractivity contribution in [2.45, 2.75) is 38.9 Å². The van der Waals surface area contributed by atoms with Gasteiger partial charge in [0.1, 0.15) is 5.78 Å². The number of rotatable bonds is 4. The summed E-state index contributed by atoms with van der Waals surface area (Å²) in [5, 5.41) is 0. The van der Waals surface area contributed by atoms with Crippen LogP contribution in [0.25, 0.3) is 0 Å². The predicted molar refractivity (Wildman–Crippen MR) is 90.1 cm³/mol. The summed E-state index contributed by atoms with van der Waals surface area (Å²) in [6.45, 7) is -11.5. The van der Waals surface area contributed by atoms with E-state index in [0.29, 0.717) is 4.90 Å². The third kappa shape index (κ3) is 3.09. The fourth-order valence-electron chi connectivity index (χ4n) is 2.78. The molecule has 1 saturated heterocycles.